The molecule has 0 spiro atoms. The van der Waals surface area contributed by atoms with Crippen molar-refractivity contribution in [2.45, 2.75) is 50.0 Å². The fourth-order valence-corrected chi connectivity index (χ4v) is 4.20. The number of sulfonamides is 1. The maximum atomic E-state index is 12.4. The molecule has 26 heavy (non-hydrogen) atoms. The van der Waals surface area contributed by atoms with E-state index in [1.807, 2.05) is 6.07 Å². The van der Waals surface area contributed by atoms with Crippen molar-refractivity contribution >= 4 is 16.0 Å². The maximum Gasteiger partial charge on any atom is 0.358 e. The number of carboxylic acids is 1. The number of fused-ring (bicyclic) bond motifs is 1. The number of aromatic carboxylic acids is 1. The minimum Gasteiger partial charge on any atom is -0.476 e. The third-order valence-corrected chi connectivity index (χ3v) is 5.95. The highest BCUT2D eigenvalue weighted by Crippen LogP contribution is 2.24. The summed E-state index contributed by atoms with van der Waals surface area (Å²) in [5.74, 6) is -1.12. The van der Waals surface area contributed by atoms with E-state index in [0.717, 1.165) is 31.2 Å². The monoisotopic (exact) mass is 378 g/mol. The molecule has 1 aromatic carbocycles. The predicted octanol–water partition coefficient (Wildman–Crippen LogP) is 1.61. The second-order valence-corrected chi connectivity index (χ2v) is 8.18. The molecule has 0 radical (unpaired) electrons. The summed E-state index contributed by atoms with van der Waals surface area (Å²) in [6.45, 7) is 0.806. The van der Waals surface area contributed by atoms with Crippen LogP contribution in [0.1, 0.15) is 47.3 Å². The standard InChI is InChI=1S/C17H22N4O4S/c22-17(23)16-12-21(20-19-16)10-4-3-9-18-26(24,25)15-8-7-13-5-1-2-6-14(13)11-15/h7-8,11-12,18H,1-6,9-10H2,(H,22,23). The highest BCUT2D eigenvalue weighted by molar-refractivity contribution is 7.89. The molecule has 0 aliphatic heterocycles. The SMILES string of the molecule is O=C(O)c1cn(CCCCNS(=O)(=O)c2ccc3c(c2)CCCC3)nn1. The van der Waals surface area contributed by atoms with Crippen LogP contribution in [-0.4, -0.2) is 41.0 Å². The molecule has 1 aliphatic carbocycles. The lowest BCUT2D eigenvalue weighted by atomic mass is 9.92. The van der Waals surface area contributed by atoms with Crippen LogP contribution in [0.2, 0.25) is 0 Å². The minimum atomic E-state index is -3.51. The zero-order valence-electron chi connectivity index (χ0n) is 14.4. The van der Waals surface area contributed by atoms with Crippen LogP contribution >= 0.6 is 0 Å². The number of nitrogens with zero attached hydrogens (tertiary/aromatic N) is 3. The van der Waals surface area contributed by atoms with Crippen molar-refractivity contribution in [3.05, 3.63) is 41.2 Å². The van der Waals surface area contributed by atoms with Crippen molar-refractivity contribution in [2.24, 2.45) is 0 Å². The second kappa shape index (κ2) is 7.96. The van der Waals surface area contributed by atoms with E-state index in [-0.39, 0.29) is 5.69 Å². The molecular weight excluding hydrogens is 356 g/mol. The van der Waals surface area contributed by atoms with Gasteiger partial charge in [-0.25, -0.2) is 17.9 Å². The van der Waals surface area contributed by atoms with E-state index in [4.69, 9.17) is 5.11 Å². The van der Waals surface area contributed by atoms with Gasteiger partial charge in [0.1, 0.15) is 0 Å². The van der Waals surface area contributed by atoms with Gasteiger partial charge in [-0.3, -0.25) is 4.68 Å². The second-order valence-electron chi connectivity index (χ2n) is 6.41. The topological polar surface area (TPSA) is 114 Å². The zero-order chi connectivity index (χ0) is 18.6. The van der Waals surface area contributed by atoms with E-state index in [0.29, 0.717) is 30.8 Å². The van der Waals surface area contributed by atoms with Gasteiger partial charge >= 0.3 is 5.97 Å². The van der Waals surface area contributed by atoms with Crippen molar-refractivity contribution in [2.75, 3.05) is 6.54 Å². The van der Waals surface area contributed by atoms with Crippen molar-refractivity contribution in [1.82, 2.24) is 19.7 Å². The Bertz CT molecular complexity index is 892. The van der Waals surface area contributed by atoms with Gasteiger partial charge in [0.2, 0.25) is 10.0 Å². The number of aryl methyl sites for hydroxylation is 3. The third-order valence-electron chi connectivity index (χ3n) is 4.49. The molecular formula is C17H22N4O4S. The Balaban J connectivity index is 1.48. The molecule has 8 nitrogen and oxygen atoms in total. The first-order valence-electron chi connectivity index (χ1n) is 8.70. The van der Waals surface area contributed by atoms with Gasteiger partial charge in [0.25, 0.3) is 0 Å². The predicted molar refractivity (Wildman–Crippen MR) is 94.5 cm³/mol. The van der Waals surface area contributed by atoms with Gasteiger partial charge < -0.3 is 5.11 Å². The van der Waals surface area contributed by atoms with E-state index in [1.165, 1.54) is 16.4 Å². The quantitative estimate of drug-likeness (QED) is 0.675. The number of hydrogen-bond acceptors (Lipinski definition) is 5. The van der Waals surface area contributed by atoms with E-state index in [2.05, 4.69) is 15.0 Å². The van der Waals surface area contributed by atoms with Gasteiger partial charge in [-0.15, -0.1) is 5.10 Å². The molecule has 0 atom stereocenters. The average molecular weight is 378 g/mol. The van der Waals surface area contributed by atoms with Crippen LogP contribution in [0.5, 0.6) is 0 Å². The molecule has 2 N–H and O–H groups in total. The van der Waals surface area contributed by atoms with E-state index in [9.17, 15) is 13.2 Å². The summed E-state index contributed by atoms with van der Waals surface area (Å²) in [4.78, 5) is 11.1. The Hall–Kier alpha value is -2.26. The van der Waals surface area contributed by atoms with Gasteiger partial charge in [-0.05, 0) is 61.8 Å². The molecule has 2 aromatic rings. The Morgan fingerprint density at radius 3 is 2.69 bits per heavy atom. The molecule has 0 saturated heterocycles. The first kappa shape index (κ1) is 18.5. The van der Waals surface area contributed by atoms with Crippen molar-refractivity contribution in [1.29, 1.82) is 0 Å². The fraction of sp³-hybridized carbons (Fsp3) is 0.471. The van der Waals surface area contributed by atoms with Crippen LogP contribution in [-0.2, 0) is 29.4 Å². The molecule has 0 saturated carbocycles. The average Bonchev–Trinajstić information content (AvgIpc) is 3.10. The molecule has 1 heterocycles. The lowest BCUT2D eigenvalue weighted by Crippen LogP contribution is -2.25. The lowest BCUT2D eigenvalue weighted by molar-refractivity contribution is 0.0690. The van der Waals surface area contributed by atoms with Crippen molar-refractivity contribution in [3.63, 3.8) is 0 Å². The van der Waals surface area contributed by atoms with Crippen molar-refractivity contribution in [3.8, 4) is 0 Å². The Morgan fingerprint density at radius 2 is 1.96 bits per heavy atom. The number of carboxylic acid groups (broad SMARTS) is 1. The number of rotatable bonds is 8. The molecule has 1 aromatic heterocycles. The third kappa shape index (κ3) is 4.47. The minimum absolute atomic E-state index is 0.0990. The number of benzene rings is 1. The van der Waals surface area contributed by atoms with Gasteiger partial charge in [0, 0.05) is 13.1 Å². The van der Waals surface area contributed by atoms with Crippen LogP contribution in [0.15, 0.2) is 29.3 Å². The van der Waals surface area contributed by atoms with Crippen LogP contribution in [0.25, 0.3) is 0 Å². The Kier molecular flexibility index (Phi) is 5.67. The normalized spacial score (nSPS) is 14.2. The maximum absolute atomic E-state index is 12.4. The molecule has 140 valence electrons. The van der Waals surface area contributed by atoms with Gasteiger partial charge in [0.05, 0.1) is 11.1 Å². The molecule has 0 amide bonds. The smallest absolute Gasteiger partial charge is 0.358 e. The van der Waals surface area contributed by atoms with Gasteiger partial charge in [-0.2, -0.15) is 0 Å². The molecule has 1 aliphatic rings. The lowest BCUT2D eigenvalue weighted by Gasteiger charge is -2.16. The molecule has 0 bridgehead atoms. The summed E-state index contributed by atoms with van der Waals surface area (Å²) in [6, 6.07) is 5.39. The van der Waals surface area contributed by atoms with E-state index >= 15 is 0 Å². The number of carbonyl (C=O) groups is 1. The number of aromatic nitrogens is 3. The Morgan fingerprint density at radius 1 is 1.19 bits per heavy atom. The zero-order valence-corrected chi connectivity index (χ0v) is 15.2. The van der Waals surface area contributed by atoms with E-state index in [1.54, 1.807) is 12.1 Å². The molecule has 3 rings (SSSR count). The number of unbranched alkanes of at least 4 members (excludes halogenated alkanes) is 1. The highest BCUT2D eigenvalue weighted by atomic mass is 32.2. The summed E-state index contributed by atoms with van der Waals surface area (Å²) in [7, 11) is -3.51. The first-order valence-corrected chi connectivity index (χ1v) is 10.2. The fourth-order valence-electron chi connectivity index (χ4n) is 3.07. The molecule has 9 heteroatoms. The van der Waals surface area contributed by atoms with E-state index < -0.39 is 16.0 Å². The van der Waals surface area contributed by atoms with Gasteiger partial charge in [0.15, 0.2) is 5.69 Å². The first-order chi connectivity index (χ1) is 12.5. The van der Waals surface area contributed by atoms with Crippen LogP contribution in [0, 0.1) is 0 Å². The Labute approximate surface area is 152 Å². The molecule has 0 unspecified atom stereocenters. The van der Waals surface area contributed by atoms with Crippen LogP contribution < -0.4 is 4.72 Å². The summed E-state index contributed by atoms with van der Waals surface area (Å²) < 4.78 is 28.9. The van der Waals surface area contributed by atoms with Crippen LogP contribution in [0.4, 0.5) is 0 Å². The largest absolute Gasteiger partial charge is 0.476 e. The van der Waals surface area contributed by atoms with Gasteiger partial charge in [-0.1, -0.05) is 11.3 Å². The summed E-state index contributed by atoms with van der Waals surface area (Å²) >= 11 is 0. The highest BCUT2D eigenvalue weighted by Gasteiger charge is 2.17. The molecule has 0 fully saturated rings. The van der Waals surface area contributed by atoms with Crippen LogP contribution in [0.3, 0.4) is 0 Å². The number of hydrogen-bond donors (Lipinski definition) is 2. The van der Waals surface area contributed by atoms with Crippen molar-refractivity contribution < 1.29 is 18.3 Å². The summed E-state index contributed by atoms with van der Waals surface area (Å²) in [5, 5.41) is 16.0. The number of nitrogens with one attached hydrogen (secondary N) is 1. The summed E-state index contributed by atoms with van der Waals surface area (Å²) in [5.41, 5.74) is 2.29. The summed E-state index contributed by atoms with van der Waals surface area (Å²) in [6.07, 6.45) is 6.87.